The standard InChI is InChI=1S/C21H31ClN4/c1-4-20-17(3)26(23-21(20)5-2)11-7-10-24-12-14-25(15-13-24)19-9-6-8-18(22)16-19/h6,8-9,16,20H,3-5,7,10-15H2,1-2H3. The first-order valence-corrected chi connectivity index (χ1v) is 10.3. The Morgan fingerprint density at radius 1 is 1.15 bits per heavy atom. The minimum Gasteiger partial charge on any atom is -0.369 e. The highest BCUT2D eigenvalue weighted by atomic mass is 35.5. The molecule has 1 atom stereocenters. The third kappa shape index (κ3) is 4.41. The lowest BCUT2D eigenvalue weighted by Gasteiger charge is -2.36. The minimum atomic E-state index is 0.459. The van der Waals surface area contributed by atoms with Gasteiger partial charge in [-0.3, -0.25) is 9.91 Å². The molecule has 1 aromatic carbocycles. The topological polar surface area (TPSA) is 22.1 Å². The van der Waals surface area contributed by atoms with Crippen LogP contribution in [0.25, 0.3) is 0 Å². The summed E-state index contributed by atoms with van der Waals surface area (Å²) in [6.45, 7) is 15.1. The van der Waals surface area contributed by atoms with Crippen molar-refractivity contribution in [3.05, 3.63) is 41.6 Å². The van der Waals surface area contributed by atoms with Crippen LogP contribution in [-0.2, 0) is 0 Å². The van der Waals surface area contributed by atoms with Crippen LogP contribution in [-0.4, -0.2) is 54.9 Å². The van der Waals surface area contributed by atoms with E-state index in [9.17, 15) is 0 Å². The summed E-state index contributed by atoms with van der Waals surface area (Å²) >= 11 is 6.12. The van der Waals surface area contributed by atoms with Crippen LogP contribution in [0.4, 0.5) is 5.69 Å². The van der Waals surface area contributed by atoms with Crippen LogP contribution in [0.3, 0.4) is 0 Å². The molecule has 1 unspecified atom stereocenters. The number of nitrogens with zero attached hydrogens (tertiary/aromatic N) is 4. The second-order valence-corrected chi connectivity index (χ2v) is 7.62. The van der Waals surface area contributed by atoms with E-state index in [1.807, 2.05) is 12.1 Å². The van der Waals surface area contributed by atoms with Gasteiger partial charge in [-0.05, 0) is 37.5 Å². The zero-order valence-corrected chi connectivity index (χ0v) is 16.9. The smallest absolute Gasteiger partial charge is 0.0472 e. The largest absolute Gasteiger partial charge is 0.369 e. The molecule has 0 aliphatic carbocycles. The van der Waals surface area contributed by atoms with E-state index in [0.717, 1.165) is 63.6 Å². The molecule has 2 aliphatic rings. The summed E-state index contributed by atoms with van der Waals surface area (Å²) in [5.74, 6) is 0.459. The van der Waals surface area contributed by atoms with Gasteiger partial charge in [-0.25, -0.2) is 0 Å². The third-order valence-electron chi connectivity index (χ3n) is 5.55. The molecule has 0 saturated carbocycles. The van der Waals surface area contributed by atoms with Gasteiger partial charge in [-0.1, -0.05) is 38.1 Å². The average molecular weight is 375 g/mol. The zero-order chi connectivity index (χ0) is 18.5. The van der Waals surface area contributed by atoms with Crippen molar-refractivity contribution >= 4 is 23.0 Å². The normalized spacial score (nSPS) is 21.4. The van der Waals surface area contributed by atoms with Crippen LogP contribution in [0.1, 0.15) is 33.1 Å². The molecule has 0 spiro atoms. The lowest BCUT2D eigenvalue weighted by atomic mass is 9.97. The fraction of sp³-hybridized carbons (Fsp3) is 0.571. The molecule has 0 amide bonds. The highest BCUT2D eigenvalue weighted by Gasteiger charge is 2.27. The van der Waals surface area contributed by atoms with Crippen molar-refractivity contribution in [1.82, 2.24) is 9.91 Å². The Kier molecular flexibility index (Phi) is 6.60. The van der Waals surface area contributed by atoms with Crippen LogP contribution < -0.4 is 4.90 Å². The summed E-state index contributed by atoms with van der Waals surface area (Å²) < 4.78 is 0. The molecule has 3 rings (SSSR count). The van der Waals surface area contributed by atoms with Gasteiger partial charge in [0.15, 0.2) is 0 Å². The van der Waals surface area contributed by atoms with Crippen molar-refractivity contribution in [3.8, 4) is 0 Å². The highest BCUT2D eigenvalue weighted by molar-refractivity contribution is 6.30. The number of allylic oxidation sites excluding steroid dienone is 1. The Balaban J connectivity index is 1.42. The van der Waals surface area contributed by atoms with Crippen LogP contribution in [0.15, 0.2) is 41.6 Å². The van der Waals surface area contributed by atoms with Crippen molar-refractivity contribution < 1.29 is 0 Å². The fourth-order valence-corrected chi connectivity index (χ4v) is 4.17. The molecule has 5 heteroatoms. The summed E-state index contributed by atoms with van der Waals surface area (Å²) in [5.41, 5.74) is 3.72. The van der Waals surface area contributed by atoms with Crippen molar-refractivity contribution in [2.75, 3.05) is 44.2 Å². The zero-order valence-electron chi connectivity index (χ0n) is 16.1. The van der Waals surface area contributed by atoms with Crippen LogP contribution in [0, 0.1) is 5.92 Å². The second kappa shape index (κ2) is 8.92. The molecule has 0 N–H and O–H groups in total. The maximum Gasteiger partial charge on any atom is 0.0472 e. The first-order chi connectivity index (χ1) is 12.6. The van der Waals surface area contributed by atoms with Crippen LogP contribution >= 0.6 is 11.6 Å². The van der Waals surface area contributed by atoms with Crippen molar-refractivity contribution in [1.29, 1.82) is 0 Å². The molecule has 26 heavy (non-hydrogen) atoms. The Labute approximate surface area is 163 Å². The van der Waals surface area contributed by atoms with Gasteiger partial charge in [0.05, 0.1) is 0 Å². The Morgan fingerprint density at radius 3 is 2.54 bits per heavy atom. The summed E-state index contributed by atoms with van der Waals surface area (Å²) in [4.78, 5) is 4.98. The number of anilines is 1. The summed E-state index contributed by atoms with van der Waals surface area (Å²) in [5, 5.41) is 7.75. The Hall–Kier alpha value is -1.52. The van der Waals surface area contributed by atoms with E-state index in [4.69, 9.17) is 16.7 Å². The quantitative estimate of drug-likeness (QED) is 0.702. The number of halogens is 1. The second-order valence-electron chi connectivity index (χ2n) is 7.18. The Morgan fingerprint density at radius 2 is 1.92 bits per heavy atom. The van der Waals surface area contributed by atoms with Gasteiger partial charge in [0.25, 0.3) is 0 Å². The fourth-order valence-electron chi connectivity index (χ4n) is 3.99. The monoisotopic (exact) mass is 374 g/mol. The van der Waals surface area contributed by atoms with Gasteiger partial charge in [0.2, 0.25) is 0 Å². The molecule has 0 aromatic heterocycles. The molecular weight excluding hydrogens is 344 g/mol. The molecule has 2 heterocycles. The molecule has 0 bridgehead atoms. The summed E-state index contributed by atoms with van der Waals surface area (Å²) in [6, 6.07) is 8.17. The van der Waals surface area contributed by atoms with Crippen molar-refractivity contribution in [2.24, 2.45) is 11.0 Å². The highest BCUT2D eigenvalue weighted by Crippen LogP contribution is 2.28. The van der Waals surface area contributed by atoms with E-state index >= 15 is 0 Å². The molecule has 142 valence electrons. The number of piperazine rings is 1. The van der Waals surface area contributed by atoms with Crippen LogP contribution in [0.5, 0.6) is 0 Å². The van der Waals surface area contributed by atoms with E-state index in [1.54, 1.807) is 0 Å². The predicted octanol–water partition coefficient (Wildman–Crippen LogP) is 4.47. The van der Waals surface area contributed by atoms with Crippen LogP contribution in [0.2, 0.25) is 5.02 Å². The Bertz CT molecular complexity index is 649. The van der Waals surface area contributed by atoms with Gasteiger partial charge in [0, 0.05) is 67.3 Å². The first kappa shape index (κ1) is 19.2. The molecule has 1 saturated heterocycles. The molecule has 4 nitrogen and oxygen atoms in total. The number of hydrogen-bond donors (Lipinski definition) is 0. The number of hydrogen-bond acceptors (Lipinski definition) is 4. The lowest BCUT2D eigenvalue weighted by Crippen LogP contribution is -2.46. The van der Waals surface area contributed by atoms with Gasteiger partial charge in [-0.15, -0.1) is 0 Å². The summed E-state index contributed by atoms with van der Waals surface area (Å²) in [7, 11) is 0. The number of rotatable bonds is 7. The molecule has 1 aromatic rings. The minimum absolute atomic E-state index is 0.459. The molecule has 1 fully saturated rings. The summed E-state index contributed by atoms with van der Waals surface area (Å²) in [6.07, 6.45) is 3.26. The predicted molar refractivity (Wildman–Crippen MR) is 112 cm³/mol. The number of benzene rings is 1. The van der Waals surface area contributed by atoms with E-state index in [0.29, 0.717) is 5.92 Å². The maximum absolute atomic E-state index is 6.12. The molecule has 2 aliphatic heterocycles. The number of hydrazone groups is 1. The first-order valence-electron chi connectivity index (χ1n) is 9.89. The van der Waals surface area contributed by atoms with Crippen molar-refractivity contribution in [3.63, 3.8) is 0 Å². The van der Waals surface area contributed by atoms with Gasteiger partial charge < -0.3 is 4.90 Å². The van der Waals surface area contributed by atoms with E-state index < -0.39 is 0 Å². The van der Waals surface area contributed by atoms with E-state index in [2.05, 4.69) is 47.4 Å². The lowest BCUT2D eigenvalue weighted by molar-refractivity contribution is 0.238. The van der Waals surface area contributed by atoms with Gasteiger partial charge in [-0.2, -0.15) is 5.10 Å². The molecular formula is C21H31ClN4. The SMILES string of the molecule is C=C1C(CC)C(CC)=NN1CCCN1CCN(c2cccc(Cl)c2)CC1. The van der Waals surface area contributed by atoms with Gasteiger partial charge in [0.1, 0.15) is 0 Å². The van der Waals surface area contributed by atoms with E-state index in [1.165, 1.54) is 17.1 Å². The van der Waals surface area contributed by atoms with Gasteiger partial charge >= 0.3 is 0 Å². The van der Waals surface area contributed by atoms with Crippen molar-refractivity contribution in [2.45, 2.75) is 33.1 Å². The van der Waals surface area contributed by atoms with E-state index in [-0.39, 0.29) is 0 Å². The maximum atomic E-state index is 6.12. The molecule has 0 radical (unpaired) electrons. The third-order valence-corrected chi connectivity index (χ3v) is 5.78. The average Bonchev–Trinajstić information content (AvgIpc) is 2.97.